The lowest BCUT2D eigenvalue weighted by Crippen LogP contribution is -2.41. The van der Waals surface area contributed by atoms with E-state index in [0.29, 0.717) is 28.8 Å². The summed E-state index contributed by atoms with van der Waals surface area (Å²) in [6.45, 7) is 5.13. The number of amides is 2. The molecule has 1 atom stereocenters. The molecule has 7 nitrogen and oxygen atoms in total. The van der Waals surface area contributed by atoms with Gasteiger partial charge in [-0.05, 0) is 30.7 Å². The molecule has 2 aromatic carbocycles. The van der Waals surface area contributed by atoms with Gasteiger partial charge in [0.05, 0.1) is 28.9 Å². The number of fused-ring (bicyclic) bond motifs is 1. The standard InChI is InChI=1S/C25H27ClN4O3S/c26-20-8-4-9-21-23(20)27-25(34-21)29(11-5-10-28-12-14-33-15-13-28)24(32)18-16-22(31)30(17-18)19-6-2-1-3-7-19/h1-4,6-9,18H,5,10-17H2. The van der Waals surface area contributed by atoms with Gasteiger partial charge in [-0.1, -0.05) is 47.2 Å². The van der Waals surface area contributed by atoms with Crippen LogP contribution < -0.4 is 9.80 Å². The summed E-state index contributed by atoms with van der Waals surface area (Å²) in [5.41, 5.74) is 1.54. The maximum atomic E-state index is 13.8. The predicted octanol–water partition coefficient (Wildman–Crippen LogP) is 4.06. The first-order valence-corrected chi connectivity index (χ1v) is 12.8. The van der Waals surface area contributed by atoms with E-state index in [0.717, 1.165) is 49.7 Å². The summed E-state index contributed by atoms with van der Waals surface area (Å²) in [6, 6.07) is 15.2. The summed E-state index contributed by atoms with van der Waals surface area (Å²) in [5.74, 6) is -0.479. The van der Waals surface area contributed by atoms with Crippen LogP contribution in [0.2, 0.25) is 5.02 Å². The fraction of sp³-hybridized carbons (Fsp3) is 0.400. The summed E-state index contributed by atoms with van der Waals surface area (Å²) in [6.07, 6.45) is 1.03. The van der Waals surface area contributed by atoms with E-state index in [1.54, 1.807) is 9.80 Å². The van der Waals surface area contributed by atoms with Gasteiger partial charge in [-0.3, -0.25) is 19.4 Å². The second-order valence-corrected chi connectivity index (χ2v) is 10.0. The number of morpholine rings is 1. The minimum Gasteiger partial charge on any atom is -0.379 e. The summed E-state index contributed by atoms with van der Waals surface area (Å²) in [4.78, 5) is 37.1. The second kappa shape index (κ2) is 10.4. The average molecular weight is 499 g/mol. The van der Waals surface area contributed by atoms with Crippen LogP contribution in [0.25, 0.3) is 10.2 Å². The zero-order valence-corrected chi connectivity index (χ0v) is 20.4. The highest BCUT2D eigenvalue weighted by Gasteiger charge is 2.38. The largest absolute Gasteiger partial charge is 0.379 e. The van der Waals surface area contributed by atoms with Gasteiger partial charge in [0.1, 0.15) is 5.52 Å². The molecule has 34 heavy (non-hydrogen) atoms. The molecule has 0 bridgehead atoms. The highest BCUT2D eigenvalue weighted by Crippen LogP contribution is 2.35. The van der Waals surface area contributed by atoms with Crippen LogP contribution in [0.1, 0.15) is 12.8 Å². The number of carbonyl (C=O) groups is 2. The van der Waals surface area contributed by atoms with Gasteiger partial charge >= 0.3 is 0 Å². The van der Waals surface area contributed by atoms with Gasteiger partial charge in [-0.15, -0.1) is 0 Å². The first-order chi connectivity index (χ1) is 16.6. The van der Waals surface area contributed by atoms with Crippen molar-refractivity contribution in [2.24, 2.45) is 5.92 Å². The smallest absolute Gasteiger partial charge is 0.234 e. The van der Waals surface area contributed by atoms with Gasteiger partial charge in [0.2, 0.25) is 11.8 Å². The third kappa shape index (κ3) is 4.95. The molecule has 3 aromatic rings. The van der Waals surface area contributed by atoms with Crippen LogP contribution in [0.15, 0.2) is 48.5 Å². The normalized spacial score (nSPS) is 19.1. The van der Waals surface area contributed by atoms with Crippen LogP contribution in [0.5, 0.6) is 0 Å². The van der Waals surface area contributed by atoms with Crippen molar-refractivity contribution in [3.05, 3.63) is 53.6 Å². The Morgan fingerprint density at radius 2 is 1.94 bits per heavy atom. The zero-order valence-electron chi connectivity index (χ0n) is 18.9. The molecule has 3 heterocycles. The highest BCUT2D eigenvalue weighted by atomic mass is 35.5. The van der Waals surface area contributed by atoms with Crippen LogP contribution >= 0.6 is 22.9 Å². The van der Waals surface area contributed by atoms with Crippen molar-refractivity contribution < 1.29 is 14.3 Å². The molecule has 0 N–H and O–H groups in total. The van der Waals surface area contributed by atoms with Crippen LogP contribution in [0.4, 0.5) is 10.8 Å². The first-order valence-electron chi connectivity index (χ1n) is 11.6. The molecule has 1 aromatic heterocycles. The molecule has 5 rings (SSSR count). The molecule has 2 aliphatic rings. The molecule has 178 valence electrons. The van der Waals surface area contributed by atoms with Crippen molar-refractivity contribution in [1.29, 1.82) is 0 Å². The molecular weight excluding hydrogens is 472 g/mol. The van der Waals surface area contributed by atoms with Crippen LogP contribution in [-0.4, -0.2) is 67.6 Å². The number of carbonyl (C=O) groups excluding carboxylic acids is 2. The SMILES string of the molecule is O=C1CC(C(=O)N(CCCN2CCOCC2)c2nc3c(Cl)cccc3s2)CN1c1ccccc1. The van der Waals surface area contributed by atoms with Gasteiger partial charge in [-0.2, -0.15) is 0 Å². The predicted molar refractivity (Wildman–Crippen MR) is 136 cm³/mol. The van der Waals surface area contributed by atoms with Crippen molar-refractivity contribution in [1.82, 2.24) is 9.88 Å². The number of nitrogens with zero attached hydrogens (tertiary/aromatic N) is 4. The Labute approximate surface area is 207 Å². The van der Waals surface area contributed by atoms with Crippen LogP contribution in [0.3, 0.4) is 0 Å². The number of para-hydroxylation sites is 2. The summed E-state index contributed by atoms with van der Waals surface area (Å²) in [5, 5.41) is 1.22. The number of anilines is 2. The zero-order chi connectivity index (χ0) is 23.5. The molecule has 2 saturated heterocycles. The van der Waals surface area contributed by atoms with E-state index in [9.17, 15) is 9.59 Å². The number of hydrogen-bond acceptors (Lipinski definition) is 6. The number of rotatable bonds is 7. The number of aromatic nitrogens is 1. The quantitative estimate of drug-likeness (QED) is 0.491. The fourth-order valence-corrected chi connectivity index (χ4v) is 5.84. The molecular formula is C25H27ClN4O3S. The Kier molecular flexibility index (Phi) is 7.10. The Bertz CT molecular complexity index is 1170. The molecule has 0 saturated carbocycles. The van der Waals surface area contributed by atoms with E-state index in [1.807, 2.05) is 48.5 Å². The van der Waals surface area contributed by atoms with Crippen molar-refractivity contribution in [2.45, 2.75) is 12.8 Å². The Balaban J connectivity index is 1.36. The molecule has 2 aliphatic heterocycles. The van der Waals surface area contributed by atoms with E-state index >= 15 is 0 Å². The maximum absolute atomic E-state index is 13.8. The van der Waals surface area contributed by atoms with E-state index in [4.69, 9.17) is 21.3 Å². The second-order valence-electron chi connectivity index (χ2n) is 8.62. The minimum absolute atomic E-state index is 0.0230. The number of thiazole rings is 1. The monoisotopic (exact) mass is 498 g/mol. The number of ether oxygens (including phenoxy) is 1. The lowest BCUT2D eigenvalue weighted by molar-refractivity contribution is -0.124. The Morgan fingerprint density at radius 1 is 1.15 bits per heavy atom. The van der Waals surface area contributed by atoms with Gasteiger partial charge in [-0.25, -0.2) is 4.98 Å². The first kappa shape index (κ1) is 23.2. The molecule has 1 unspecified atom stereocenters. The van der Waals surface area contributed by atoms with Gasteiger partial charge in [0.15, 0.2) is 5.13 Å². The molecule has 9 heteroatoms. The molecule has 2 amide bonds. The van der Waals surface area contributed by atoms with Crippen molar-refractivity contribution in [3.63, 3.8) is 0 Å². The third-order valence-corrected chi connectivity index (χ3v) is 7.71. The lowest BCUT2D eigenvalue weighted by Gasteiger charge is -2.28. The average Bonchev–Trinajstić information content (AvgIpc) is 3.47. The Hall–Kier alpha value is -2.52. The molecule has 0 spiro atoms. The van der Waals surface area contributed by atoms with E-state index < -0.39 is 5.92 Å². The fourth-order valence-electron chi connectivity index (χ4n) is 4.55. The third-order valence-electron chi connectivity index (χ3n) is 6.36. The molecule has 0 radical (unpaired) electrons. The van der Waals surface area contributed by atoms with Crippen LogP contribution in [0, 0.1) is 5.92 Å². The highest BCUT2D eigenvalue weighted by molar-refractivity contribution is 7.22. The number of halogens is 1. The summed E-state index contributed by atoms with van der Waals surface area (Å²) >= 11 is 7.83. The van der Waals surface area contributed by atoms with E-state index in [2.05, 4.69) is 4.90 Å². The van der Waals surface area contributed by atoms with Crippen molar-refractivity contribution in [3.8, 4) is 0 Å². The minimum atomic E-state index is -0.404. The van der Waals surface area contributed by atoms with Crippen molar-refractivity contribution in [2.75, 3.05) is 55.7 Å². The van der Waals surface area contributed by atoms with Gasteiger partial charge in [0.25, 0.3) is 0 Å². The van der Waals surface area contributed by atoms with Gasteiger partial charge in [0, 0.05) is 44.8 Å². The molecule has 2 fully saturated rings. The summed E-state index contributed by atoms with van der Waals surface area (Å²) < 4.78 is 6.39. The maximum Gasteiger partial charge on any atom is 0.234 e. The van der Waals surface area contributed by atoms with E-state index in [-0.39, 0.29) is 18.2 Å². The van der Waals surface area contributed by atoms with E-state index in [1.165, 1.54) is 11.3 Å². The number of hydrogen-bond donors (Lipinski definition) is 0. The Morgan fingerprint density at radius 3 is 2.71 bits per heavy atom. The van der Waals surface area contributed by atoms with Gasteiger partial charge < -0.3 is 9.64 Å². The lowest BCUT2D eigenvalue weighted by atomic mass is 10.1. The number of benzene rings is 2. The molecule has 0 aliphatic carbocycles. The summed E-state index contributed by atoms with van der Waals surface area (Å²) in [7, 11) is 0. The topological polar surface area (TPSA) is 66.0 Å². The van der Waals surface area contributed by atoms with Crippen LogP contribution in [-0.2, 0) is 14.3 Å². The van der Waals surface area contributed by atoms with Crippen molar-refractivity contribution >= 4 is 55.8 Å².